The van der Waals surface area contributed by atoms with Crippen LogP contribution in [0.1, 0.15) is 23.9 Å². The fourth-order valence-electron chi connectivity index (χ4n) is 1.89. The summed E-state index contributed by atoms with van der Waals surface area (Å²) in [6.07, 6.45) is 0. The second-order valence-electron chi connectivity index (χ2n) is 4.51. The summed E-state index contributed by atoms with van der Waals surface area (Å²) in [5.74, 6) is 0.471. The highest BCUT2D eigenvalue weighted by molar-refractivity contribution is 5.35. The number of nitrogens with zero attached hydrogens (tertiary/aromatic N) is 1. The van der Waals surface area contributed by atoms with E-state index in [2.05, 4.69) is 10.5 Å². The molecule has 114 valence electrons. The highest BCUT2D eigenvalue weighted by atomic mass is 19.1. The van der Waals surface area contributed by atoms with Gasteiger partial charge in [-0.1, -0.05) is 24.2 Å². The zero-order valence-corrected chi connectivity index (χ0v) is 12.2. The van der Waals surface area contributed by atoms with Crippen LogP contribution in [0.3, 0.4) is 0 Å². The van der Waals surface area contributed by atoms with Crippen molar-refractivity contribution in [2.45, 2.75) is 26.7 Å². The molecule has 0 bridgehead atoms. The molecule has 0 saturated heterocycles. The molecule has 0 aliphatic rings. The van der Waals surface area contributed by atoms with Crippen molar-refractivity contribution < 1.29 is 18.4 Å². The van der Waals surface area contributed by atoms with Gasteiger partial charge in [-0.05, 0) is 12.6 Å². The van der Waals surface area contributed by atoms with E-state index in [0.717, 1.165) is 12.1 Å². The summed E-state index contributed by atoms with van der Waals surface area (Å²) in [5.41, 5.74) is 1.37. The van der Waals surface area contributed by atoms with Crippen LogP contribution in [0.5, 0.6) is 5.75 Å². The van der Waals surface area contributed by atoms with E-state index in [1.165, 1.54) is 6.07 Å². The van der Waals surface area contributed by atoms with E-state index in [1.54, 1.807) is 19.2 Å². The smallest absolute Gasteiger partial charge is 0.165 e. The van der Waals surface area contributed by atoms with Crippen LogP contribution < -0.4 is 10.1 Å². The summed E-state index contributed by atoms with van der Waals surface area (Å²) in [7, 11) is 1.57. The van der Waals surface area contributed by atoms with Gasteiger partial charge in [-0.25, -0.2) is 4.39 Å². The van der Waals surface area contributed by atoms with Crippen molar-refractivity contribution in [1.82, 2.24) is 10.5 Å². The first-order valence-electron chi connectivity index (χ1n) is 6.79. The summed E-state index contributed by atoms with van der Waals surface area (Å²) in [5, 5.41) is 7.01. The molecule has 1 N–H and O–H groups in total. The summed E-state index contributed by atoms with van der Waals surface area (Å²) in [6, 6.07) is 6.61. The van der Waals surface area contributed by atoms with Gasteiger partial charge in [0, 0.05) is 25.3 Å². The number of hydrogen-bond donors (Lipinski definition) is 1. The number of hydrogen-bond acceptors (Lipinski definition) is 5. The molecular weight excluding hydrogens is 275 g/mol. The van der Waals surface area contributed by atoms with E-state index in [1.807, 2.05) is 13.0 Å². The number of rotatable bonds is 8. The van der Waals surface area contributed by atoms with Crippen LogP contribution >= 0.6 is 0 Å². The minimum atomic E-state index is -0.383. The molecule has 0 fully saturated rings. The molecule has 0 atom stereocenters. The lowest BCUT2D eigenvalue weighted by molar-refractivity contribution is 0.155. The Hall–Kier alpha value is -1.92. The monoisotopic (exact) mass is 294 g/mol. The van der Waals surface area contributed by atoms with Gasteiger partial charge in [-0.3, -0.25) is 0 Å². The van der Waals surface area contributed by atoms with E-state index in [4.69, 9.17) is 14.0 Å². The van der Waals surface area contributed by atoms with Crippen LogP contribution in [-0.2, 0) is 24.5 Å². The van der Waals surface area contributed by atoms with E-state index in [0.29, 0.717) is 24.6 Å². The molecule has 2 aromatic rings. The van der Waals surface area contributed by atoms with Crippen LogP contribution in [0, 0.1) is 5.82 Å². The van der Waals surface area contributed by atoms with Crippen molar-refractivity contribution in [2.75, 3.05) is 13.7 Å². The second-order valence-corrected chi connectivity index (χ2v) is 4.51. The third kappa shape index (κ3) is 4.27. The Morgan fingerprint density at radius 3 is 2.95 bits per heavy atom. The predicted molar refractivity (Wildman–Crippen MR) is 75.3 cm³/mol. The second kappa shape index (κ2) is 7.75. The molecule has 0 spiro atoms. The zero-order valence-electron chi connectivity index (χ0n) is 12.2. The average molecular weight is 294 g/mol. The first-order valence-corrected chi connectivity index (χ1v) is 6.79. The van der Waals surface area contributed by atoms with E-state index in [9.17, 15) is 4.39 Å². The molecule has 6 heteroatoms. The summed E-state index contributed by atoms with van der Waals surface area (Å²) < 4.78 is 29.5. The molecule has 2 rings (SSSR count). The summed E-state index contributed by atoms with van der Waals surface area (Å²) in [6.45, 7) is 3.84. The maximum atomic E-state index is 13.9. The van der Waals surface area contributed by atoms with E-state index in [-0.39, 0.29) is 18.2 Å². The van der Waals surface area contributed by atoms with Crippen LogP contribution in [0.2, 0.25) is 0 Å². The topological polar surface area (TPSA) is 56.5 Å². The minimum Gasteiger partial charge on any atom is -0.484 e. The van der Waals surface area contributed by atoms with Crippen LogP contribution in [0.25, 0.3) is 0 Å². The van der Waals surface area contributed by atoms with Gasteiger partial charge in [0.15, 0.2) is 17.3 Å². The number of nitrogens with one attached hydrogen (secondary N) is 1. The predicted octanol–water partition coefficient (Wildman–Crippen LogP) is 2.65. The standard InChI is InChI=1S/C15H19FN2O3/c1-3-17-8-11-5-4-6-14(16)15(11)20-9-12-7-13(10-19-2)21-18-12/h4-7,17H,3,8-10H2,1-2H3. The van der Waals surface area contributed by atoms with Gasteiger partial charge in [-0.2, -0.15) is 0 Å². The number of methoxy groups -OCH3 is 1. The number of ether oxygens (including phenoxy) is 2. The van der Waals surface area contributed by atoms with Crippen molar-refractivity contribution in [1.29, 1.82) is 0 Å². The molecule has 0 aliphatic heterocycles. The first kappa shape index (κ1) is 15.5. The Kier molecular flexibility index (Phi) is 5.71. The Morgan fingerprint density at radius 2 is 2.19 bits per heavy atom. The maximum absolute atomic E-state index is 13.9. The molecular formula is C15H19FN2O3. The molecule has 1 aromatic carbocycles. The highest BCUT2D eigenvalue weighted by Crippen LogP contribution is 2.23. The highest BCUT2D eigenvalue weighted by Gasteiger charge is 2.11. The molecule has 0 radical (unpaired) electrons. The van der Waals surface area contributed by atoms with Gasteiger partial charge in [0.05, 0.1) is 0 Å². The fraction of sp³-hybridized carbons (Fsp3) is 0.400. The first-order chi connectivity index (χ1) is 10.2. The zero-order chi connectivity index (χ0) is 15.1. The minimum absolute atomic E-state index is 0.146. The van der Waals surface area contributed by atoms with Crippen molar-refractivity contribution in [3.05, 3.63) is 47.1 Å². The van der Waals surface area contributed by atoms with Crippen molar-refractivity contribution >= 4 is 0 Å². The van der Waals surface area contributed by atoms with Gasteiger partial charge < -0.3 is 19.3 Å². The van der Waals surface area contributed by atoms with Crippen LogP contribution in [0.4, 0.5) is 4.39 Å². The number of aromatic nitrogens is 1. The van der Waals surface area contributed by atoms with Gasteiger partial charge >= 0.3 is 0 Å². The van der Waals surface area contributed by atoms with Crippen LogP contribution in [-0.4, -0.2) is 18.8 Å². The van der Waals surface area contributed by atoms with Crippen molar-refractivity contribution in [3.8, 4) is 5.75 Å². The summed E-state index contributed by atoms with van der Waals surface area (Å²) in [4.78, 5) is 0. The SMILES string of the molecule is CCNCc1cccc(F)c1OCc1cc(COC)on1. The molecule has 21 heavy (non-hydrogen) atoms. The lowest BCUT2D eigenvalue weighted by Crippen LogP contribution is -2.13. The average Bonchev–Trinajstić information content (AvgIpc) is 2.92. The van der Waals surface area contributed by atoms with E-state index >= 15 is 0 Å². The quantitative estimate of drug-likeness (QED) is 0.811. The Bertz CT molecular complexity index is 572. The third-order valence-electron chi connectivity index (χ3n) is 2.87. The fourth-order valence-corrected chi connectivity index (χ4v) is 1.89. The molecule has 5 nitrogen and oxygen atoms in total. The maximum Gasteiger partial charge on any atom is 0.165 e. The van der Waals surface area contributed by atoms with Gasteiger partial charge in [0.1, 0.15) is 18.9 Å². The molecule has 1 aromatic heterocycles. The van der Waals surface area contributed by atoms with Gasteiger partial charge in [-0.15, -0.1) is 0 Å². The van der Waals surface area contributed by atoms with Gasteiger partial charge in [0.2, 0.25) is 0 Å². The molecule has 0 unspecified atom stereocenters. The van der Waals surface area contributed by atoms with E-state index < -0.39 is 0 Å². The van der Waals surface area contributed by atoms with Crippen molar-refractivity contribution in [3.63, 3.8) is 0 Å². The lowest BCUT2D eigenvalue weighted by Gasteiger charge is -2.11. The largest absolute Gasteiger partial charge is 0.484 e. The lowest BCUT2D eigenvalue weighted by atomic mass is 10.2. The molecule has 0 saturated carbocycles. The normalized spacial score (nSPS) is 10.8. The molecule has 0 aliphatic carbocycles. The third-order valence-corrected chi connectivity index (χ3v) is 2.87. The molecule has 1 heterocycles. The van der Waals surface area contributed by atoms with Crippen LogP contribution in [0.15, 0.2) is 28.8 Å². The molecule has 0 amide bonds. The number of para-hydroxylation sites is 1. The summed E-state index contributed by atoms with van der Waals surface area (Å²) >= 11 is 0. The number of benzene rings is 1. The Morgan fingerprint density at radius 1 is 1.33 bits per heavy atom. The number of halogens is 1. The van der Waals surface area contributed by atoms with Gasteiger partial charge in [0.25, 0.3) is 0 Å². The Balaban J connectivity index is 2.04. The Labute approximate surface area is 123 Å². The van der Waals surface area contributed by atoms with Crippen molar-refractivity contribution in [2.24, 2.45) is 0 Å².